The third kappa shape index (κ3) is 3.63. The lowest BCUT2D eigenvalue weighted by atomic mass is 10.1. The van der Waals surface area contributed by atoms with Gasteiger partial charge in [-0.1, -0.05) is 44.4 Å². The smallest absolute Gasteiger partial charge is 0.0454 e. The Labute approximate surface area is 105 Å². The summed E-state index contributed by atoms with van der Waals surface area (Å²) in [6.07, 6.45) is 2.85. The summed E-state index contributed by atoms with van der Waals surface area (Å²) in [4.78, 5) is 2.10. The fourth-order valence-electron chi connectivity index (χ4n) is 1.80. The molecular formula is C16H21N. The van der Waals surface area contributed by atoms with Gasteiger partial charge in [-0.3, -0.25) is 0 Å². The van der Waals surface area contributed by atoms with E-state index in [1.807, 2.05) is 31.2 Å². The van der Waals surface area contributed by atoms with Crippen molar-refractivity contribution in [2.45, 2.75) is 20.3 Å². The van der Waals surface area contributed by atoms with Gasteiger partial charge in [0.05, 0.1) is 0 Å². The molecule has 17 heavy (non-hydrogen) atoms. The summed E-state index contributed by atoms with van der Waals surface area (Å²) in [6, 6.07) is 10.2. The molecule has 0 N–H and O–H groups in total. The van der Waals surface area contributed by atoms with Crippen molar-refractivity contribution in [1.82, 2.24) is 0 Å². The molecule has 0 fully saturated rings. The number of hydrogen-bond acceptors (Lipinski definition) is 1. The van der Waals surface area contributed by atoms with Crippen LogP contribution in [0.3, 0.4) is 0 Å². The molecule has 0 aliphatic carbocycles. The van der Waals surface area contributed by atoms with Gasteiger partial charge in [0.2, 0.25) is 0 Å². The molecule has 0 amide bonds. The van der Waals surface area contributed by atoms with Crippen LogP contribution in [0.4, 0.5) is 5.69 Å². The first-order valence-electron chi connectivity index (χ1n) is 5.87. The number of allylic oxidation sites excluding steroid dienone is 3. The van der Waals surface area contributed by atoms with Gasteiger partial charge < -0.3 is 4.90 Å². The van der Waals surface area contributed by atoms with Crippen LogP contribution in [0.2, 0.25) is 0 Å². The second-order valence-corrected chi connectivity index (χ2v) is 4.39. The van der Waals surface area contributed by atoms with E-state index in [-0.39, 0.29) is 0 Å². The van der Waals surface area contributed by atoms with Gasteiger partial charge in [-0.25, -0.2) is 0 Å². The average molecular weight is 227 g/mol. The molecule has 0 aliphatic rings. The Bertz CT molecular complexity index is 403. The molecule has 0 aromatic heterocycles. The van der Waals surface area contributed by atoms with E-state index in [9.17, 15) is 0 Å². The number of rotatable bonds is 6. The normalized spacial score (nSPS) is 11.6. The summed E-state index contributed by atoms with van der Waals surface area (Å²) in [5, 5.41) is 0. The Morgan fingerprint density at radius 2 is 1.88 bits per heavy atom. The standard InChI is InChI=1S/C16H21N/c1-6-14(4)12-15(5)17(13(2)3)16-10-8-7-9-11-16/h6-11,14H,1-2,5,12H2,3-4H3. The van der Waals surface area contributed by atoms with Crippen molar-refractivity contribution in [2.24, 2.45) is 5.92 Å². The van der Waals surface area contributed by atoms with E-state index in [1.165, 1.54) is 0 Å². The molecule has 0 saturated carbocycles. The summed E-state index contributed by atoms with van der Waals surface area (Å²) in [6.45, 7) is 16.1. The van der Waals surface area contributed by atoms with Crippen molar-refractivity contribution in [3.63, 3.8) is 0 Å². The Balaban J connectivity index is 2.91. The average Bonchev–Trinajstić information content (AvgIpc) is 2.29. The van der Waals surface area contributed by atoms with Crippen LogP contribution >= 0.6 is 0 Å². The maximum absolute atomic E-state index is 4.16. The lowest BCUT2D eigenvalue weighted by Gasteiger charge is -2.28. The van der Waals surface area contributed by atoms with Crippen molar-refractivity contribution >= 4 is 5.69 Å². The molecule has 0 radical (unpaired) electrons. The monoisotopic (exact) mass is 227 g/mol. The molecule has 0 saturated heterocycles. The second-order valence-electron chi connectivity index (χ2n) is 4.39. The molecule has 1 heteroatoms. The summed E-state index contributed by atoms with van der Waals surface area (Å²) in [5.41, 5.74) is 3.15. The molecule has 1 unspecified atom stereocenters. The van der Waals surface area contributed by atoms with Gasteiger partial charge in [-0.05, 0) is 31.4 Å². The zero-order valence-corrected chi connectivity index (χ0v) is 10.8. The fourth-order valence-corrected chi connectivity index (χ4v) is 1.80. The van der Waals surface area contributed by atoms with Crippen LogP contribution in [0.1, 0.15) is 20.3 Å². The van der Waals surface area contributed by atoms with Crippen LogP contribution in [-0.2, 0) is 0 Å². The van der Waals surface area contributed by atoms with Crippen molar-refractivity contribution in [1.29, 1.82) is 0 Å². The van der Waals surface area contributed by atoms with Crippen molar-refractivity contribution in [3.05, 3.63) is 67.5 Å². The van der Waals surface area contributed by atoms with E-state index < -0.39 is 0 Å². The van der Waals surface area contributed by atoms with Crippen LogP contribution < -0.4 is 4.90 Å². The van der Waals surface area contributed by atoms with Crippen molar-refractivity contribution < 1.29 is 0 Å². The minimum absolute atomic E-state index is 0.424. The Morgan fingerprint density at radius 3 is 2.35 bits per heavy atom. The third-order valence-electron chi connectivity index (χ3n) is 2.67. The predicted molar refractivity (Wildman–Crippen MR) is 76.9 cm³/mol. The van der Waals surface area contributed by atoms with E-state index in [0.29, 0.717) is 5.92 Å². The minimum atomic E-state index is 0.424. The van der Waals surface area contributed by atoms with Gasteiger partial charge in [0.25, 0.3) is 0 Å². The Kier molecular flexibility index (Phi) is 4.77. The number of hydrogen-bond donors (Lipinski definition) is 0. The van der Waals surface area contributed by atoms with Crippen molar-refractivity contribution in [2.75, 3.05) is 4.90 Å². The van der Waals surface area contributed by atoms with Crippen LogP contribution in [0, 0.1) is 5.92 Å². The first kappa shape index (κ1) is 13.3. The van der Waals surface area contributed by atoms with Gasteiger partial charge in [0.1, 0.15) is 0 Å². The number of para-hydroxylation sites is 1. The molecule has 1 aromatic rings. The topological polar surface area (TPSA) is 3.24 Å². The van der Waals surface area contributed by atoms with Gasteiger partial charge in [0.15, 0.2) is 0 Å². The summed E-state index contributed by atoms with van der Waals surface area (Å²) < 4.78 is 0. The van der Waals surface area contributed by atoms with E-state index in [1.54, 1.807) is 0 Å². The van der Waals surface area contributed by atoms with Crippen molar-refractivity contribution in [3.8, 4) is 0 Å². The van der Waals surface area contributed by atoms with E-state index in [0.717, 1.165) is 23.5 Å². The summed E-state index contributed by atoms with van der Waals surface area (Å²) in [7, 11) is 0. The van der Waals surface area contributed by atoms with Gasteiger partial charge in [-0.2, -0.15) is 0 Å². The zero-order chi connectivity index (χ0) is 12.8. The van der Waals surface area contributed by atoms with Crippen LogP contribution in [0.5, 0.6) is 0 Å². The lowest BCUT2D eigenvalue weighted by Crippen LogP contribution is -2.20. The second kappa shape index (κ2) is 6.09. The SMILES string of the molecule is C=CC(C)CC(=C)N(C(=C)C)c1ccccc1. The molecule has 1 aromatic carbocycles. The highest BCUT2D eigenvalue weighted by atomic mass is 15.1. The molecule has 0 aliphatic heterocycles. The lowest BCUT2D eigenvalue weighted by molar-refractivity contribution is 0.704. The molecule has 1 atom stereocenters. The highest BCUT2D eigenvalue weighted by molar-refractivity contribution is 5.56. The first-order chi connectivity index (χ1) is 8.06. The van der Waals surface area contributed by atoms with Gasteiger partial charge in [-0.15, -0.1) is 6.58 Å². The van der Waals surface area contributed by atoms with Crippen LogP contribution in [0.25, 0.3) is 0 Å². The highest BCUT2D eigenvalue weighted by Crippen LogP contribution is 2.26. The number of benzene rings is 1. The van der Waals surface area contributed by atoms with Gasteiger partial charge in [0, 0.05) is 17.1 Å². The molecule has 1 rings (SSSR count). The van der Waals surface area contributed by atoms with E-state index >= 15 is 0 Å². The quantitative estimate of drug-likeness (QED) is 0.634. The van der Waals surface area contributed by atoms with Gasteiger partial charge >= 0.3 is 0 Å². The molecule has 90 valence electrons. The van der Waals surface area contributed by atoms with E-state index in [4.69, 9.17) is 0 Å². The third-order valence-corrected chi connectivity index (χ3v) is 2.67. The molecule has 0 spiro atoms. The van der Waals surface area contributed by atoms with Crippen LogP contribution in [0.15, 0.2) is 67.5 Å². The predicted octanol–water partition coefficient (Wildman–Crippen LogP) is 4.75. The Morgan fingerprint density at radius 1 is 1.29 bits per heavy atom. The largest absolute Gasteiger partial charge is 0.319 e. The molecule has 0 heterocycles. The fraction of sp³-hybridized carbons (Fsp3) is 0.250. The maximum Gasteiger partial charge on any atom is 0.0454 e. The summed E-state index contributed by atoms with van der Waals surface area (Å²) >= 11 is 0. The summed E-state index contributed by atoms with van der Waals surface area (Å²) in [5.74, 6) is 0.424. The number of anilines is 1. The first-order valence-corrected chi connectivity index (χ1v) is 5.87. The Hall–Kier alpha value is -1.76. The minimum Gasteiger partial charge on any atom is -0.319 e. The highest BCUT2D eigenvalue weighted by Gasteiger charge is 2.12. The van der Waals surface area contributed by atoms with E-state index in [2.05, 4.69) is 43.7 Å². The van der Waals surface area contributed by atoms with Crippen LogP contribution in [-0.4, -0.2) is 0 Å². The zero-order valence-electron chi connectivity index (χ0n) is 10.8. The number of nitrogens with zero attached hydrogens (tertiary/aromatic N) is 1. The molecule has 0 bridgehead atoms. The molecule has 1 nitrogen and oxygen atoms in total. The molecular weight excluding hydrogens is 206 g/mol. The maximum atomic E-state index is 4.16.